The molecule has 0 bridgehead atoms. The quantitative estimate of drug-likeness (QED) is 0.231. The molecule has 0 amide bonds. The number of aromatic hydroxyl groups is 1. The molecule has 0 saturated carbocycles. The Morgan fingerprint density at radius 3 is 2.47 bits per heavy atom. The third kappa shape index (κ3) is 6.77. The number of hydrogen-bond acceptors (Lipinski definition) is 5. The number of nitrogens with one attached hydrogen (secondary N) is 1. The van der Waals surface area contributed by atoms with Gasteiger partial charge in [0.05, 0.1) is 13.1 Å². The predicted molar refractivity (Wildman–Crippen MR) is 145 cm³/mol. The molecule has 3 aromatic heterocycles. The maximum absolute atomic E-state index is 10.8. The summed E-state index contributed by atoms with van der Waals surface area (Å²) in [4.78, 5) is 17.0. The summed E-state index contributed by atoms with van der Waals surface area (Å²) in [5.74, 6) is 2.32. The van der Waals surface area contributed by atoms with Crippen molar-refractivity contribution in [2.45, 2.75) is 65.7 Å². The topological polar surface area (TPSA) is 78.1 Å². The Labute approximate surface area is 214 Å². The van der Waals surface area contributed by atoms with Gasteiger partial charge in [0.2, 0.25) is 0 Å². The monoisotopic (exact) mass is 491 g/mol. The summed E-state index contributed by atoms with van der Waals surface area (Å²) in [6.07, 6.45) is 14.2. The number of benzene rings is 1. The summed E-state index contributed by atoms with van der Waals surface area (Å²) >= 11 is 0. The van der Waals surface area contributed by atoms with Crippen LogP contribution in [0.25, 0.3) is 10.8 Å². The van der Waals surface area contributed by atoms with Crippen molar-refractivity contribution in [1.82, 2.24) is 33.9 Å². The second-order valence-electron chi connectivity index (χ2n) is 9.75. The van der Waals surface area contributed by atoms with Gasteiger partial charge in [-0.1, -0.05) is 19.9 Å². The van der Waals surface area contributed by atoms with E-state index in [0.29, 0.717) is 12.4 Å². The van der Waals surface area contributed by atoms with Crippen LogP contribution in [-0.4, -0.2) is 58.6 Å². The van der Waals surface area contributed by atoms with Crippen molar-refractivity contribution in [3.8, 4) is 5.88 Å². The Hall–Kier alpha value is -3.10. The van der Waals surface area contributed by atoms with Crippen molar-refractivity contribution in [2.24, 2.45) is 7.05 Å². The number of aromatic amines is 1. The van der Waals surface area contributed by atoms with E-state index in [-0.39, 0.29) is 0 Å². The van der Waals surface area contributed by atoms with Crippen molar-refractivity contribution < 1.29 is 5.11 Å². The number of aryl methyl sites for hydroxylation is 2. The first-order valence-electron chi connectivity index (χ1n) is 13.3. The fraction of sp³-hybridized carbons (Fsp3) is 0.500. The normalized spacial score (nSPS) is 11.9. The summed E-state index contributed by atoms with van der Waals surface area (Å²) in [7, 11) is 2.02. The minimum Gasteiger partial charge on any atom is -0.494 e. The minimum absolute atomic E-state index is 0.371. The number of unbranched alkanes of at least 4 members (excludes halogenated alkanes) is 1. The minimum atomic E-state index is 0.371. The van der Waals surface area contributed by atoms with E-state index >= 15 is 0 Å². The van der Waals surface area contributed by atoms with Gasteiger partial charge in [0.25, 0.3) is 0 Å². The maximum atomic E-state index is 10.8. The van der Waals surface area contributed by atoms with Gasteiger partial charge in [0.1, 0.15) is 11.6 Å². The number of rotatable bonds is 15. The lowest BCUT2D eigenvalue weighted by molar-refractivity contribution is 0.233. The smallest absolute Gasteiger partial charge is 0.199 e. The number of H-pyrrole nitrogens is 1. The van der Waals surface area contributed by atoms with Crippen LogP contribution in [0.4, 0.5) is 0 Å². The molecule has 0 saturated heterocycles. The van der Waals surface area contributed by atoms with Crippen molar-refractivity contribution in [3.05, 3.63) is 66.4 Å². The van der Waals surface area contributed by atoms with Crippen LogP contribution in [0.5, 0.6) is 5.88 Å². The lowest BCUT2D eigenvalue weighted by Gasteiger charge is -2.21. The number of nitrogens with zero attached hydrogens (tertiary/aromatic N) is 6. The second-order valence-corrected chi connectivity index (χ2v) is 9.75. The van der Waals surface area contributed by atoms with E-state index < -0.39 is 0 Å². The molecule has 194 valence electrons. The molecule has 0 spiro atoms. The molecule has 0 aliphatic heterocycles. The molecular weight excluding hydrogens is 450 g/mol. The molecule has 3 heterocycles. The molecule has 0 aliphatic carbocycles. The number of aromatic nitrogens is 5. The van der Waals surface area contributed by atoms with E-state index in [1.54, 1.807) is 6.20 Å². The Kier molecular flexibility index (Phi) is 9.19. The summed E-state index contributed by atoms with van der Waals surface area (Å²) in [5, 5.41) is 12.8. The van der Waals surface area contributed by atoms with Crippen LogP contribution in [0.1, 0.15) is 56.7 Å². The highest BCUT2D eigenvalue weighted by Gasteiger charge is 2.14. The third-order valence-electron chi connectivity index (χ3n) is 6.75. The van der Waals surface area contributed by atoms with Crippen LogP contribution in [0, 0.1) is 0 Å². The van der Waals surface area contributed by atoms with Gasteiger partial charge in [-0.15, -0.1) is 0 Å². The molecule has 4 rings (SSSR count). The van der Waals surface area contributed by atoms with Crippen LogP contribution in [0.2, 0.25) is 0 Å². The van der Waals surface area contributed by atoms with Gasteiger partial charge in [0.15, 0.2) is 5.88 Å². The Balaban J connectivity index is 1.41. The Morgan fingerprint density at radius 2 is 1.78 bits per heavy atom. The number of fused-ring (bicyclic) bond motifs is 1. The van der Waals surface area contributed by atoms with Gasteiger partial charge in [-0.3, -0.25) is 4.90 Å². The first-order valence-corrected chi connectivity index (χ1v) is 13.3. The summed E-state index contributed by atoms with van der Waals surface area (Å²) in [6.45, 7) is 11.0. The lowest BCUT2D eigenvalue weighted by atomic mass is 10.1. The van der Waals surface area contributed by atoms with E-state index in [9.17, 15) is 5.11 Å². The zero-order valence-electron chi connectivity index (χ0n) is 22.0. The van der Waals surface area contributed by atoms with Crippen molar-refractivity contribution in [1.29, 1.82) is 0 Å². The molecule has 8 nitrogen and oxygen atoms in total. The summed E-state index contributed by atoms with van der Waals surface area (Å²) in [5.41, 5.74) is 1.20. The van der Waals surface area contributed by atoms with Crippen LogP contribution in [0.3, 0.4) is 0 Å². The molecule has 36 heavy (non-hydrogen) atoms. The second kappa shape index (κ2) is 12.7. The van der Waals surface area contributed by atoms with Crippen LogP contribution in [0.15, 0.2) is 49.2 Å². The summed E-state index contributed by atoms with van der Waals surface area (Å²) in [6, 6.07) is 6.36. The predicted octanol–water partition coefficient (Wildman–Crippen LogP) is 4.91. The van der Waals surface area contributed by atoms with Gasteiger partial charge < -0.3 is 24.1 Å². The van der Waals surface area contributed by atoms with Crippen molar-refractivity contribution >= 4 is 10.8 Å². The SMILES string of the molecule is CCCN(CCC)CCCCn1cc2cc(CN(Cc3ncc[nH]3)Cc3nccn3C)ccc2c1O. The van der Waals surface area contributed by atoms with Gasteiger partial charge in [-0.2, -0.15) is 0 Å². The molecule has 0 atom stereocenters. The van der Waals surface area contributed by atoms with Crippen molar-refractivity contribution in [3.63, 3.8) is 0 Å². The molecule has 0 fully saturated rings. The fourth-order valence-electron chi connectivity index (χ4n) is 4.93. The molecule has 0 radical (unpaired) electrons. The molecular formula is C28H41N7O. The maximum Gasteiger partial charge on any atom is 0.199 e. The standard InChI is InChI=1S/C28H41N7O/c1-4-13-33(14-5-2)15-6-7-16-35-20-24-18-23(8-9-25(24)28(35)36)19-34(21-26-29-10-11-30-26)22-27-31-12-17-32(27)3/h8-12,17-18,20,36H,4-7,13-16,19,21-22H2,1-3H3,(H,29,30). The van der Waals surface area contributed by atoms with E-state index in [0.717, 1.165) is 61.4 Å². The molecule has 0 unspecified atom stereocenters. The molecule has 4 aromatic rings. The van der Waals surface area contributed by atoms with Gasteiger partial charge in [-0.05, 0) is 63.0 Å². The number of imidazole rings is 2. The first kappa shape index (κ1) is 26.0. The number of hydrogen-bond donors (Lipinski definition) is 2. The highest BCUT2D eigenvalue weighted by molar-refractivity contribution is 5.88. The zero-order valence-corrected chi connectivity index (χ0v) is 22.0. The highest BCUT2D eigenvalue weighted by Crippen LogP contribution is 2.29. The summed E-state index contributed by atoms with van der Waals surface area (Å²) < 4.78 is 4.06. The molecule has 8 heteroatoms. The average Bonchev–Trinajstić information content (AvgIpc) is 3.59. The average molecular weight is 492 g/mol. The van der Waals surface area contributed by atoms with E-state index in [4.69, 9.17) is 0 Å². The van der Waals surface area contributed by atoms with E-state index in [2.05, 4.69) is 61.5 Å². The van der Waals surface area contributed by atoms with E-state index in [1.165, 1.54) is 31.5 Å². The zero-order chi connectivity index (χ0) is 25.3. The Morgan fingerprint density at radius 1 is 0.944 bits per heavy atom. The van der Waals surface area contributed by atoms with Gasteiger partial charge in [-0.25, -0.2) is 9.97 Å². The molecule has 0 aliphatic rings. The van der Waals surface area contributed by atoms with Gasteiger partial charge in [0, 0.05) is 61.9 Å². The van der Waals surface area contributed by atoms with Crippen LogP contribution >= 0.6 is 0 Å². The fourth-order valence-corrected chi connectivity index (χ4v) is 4.93. The molecule has 1 aromatic carbocycles. The Bertz CT molecular complexity index is 1190. The lowest BCUT2D eigenvalue weighted by Crippen LogP contribution is -2.26. The first-order chi connectivity index (χ1) is 17.6. The third-order valence-corrected chi connectivity index (χ3v) is 6.75. The van der Waals surface area contributed by atoms with Gasteiger partial charge >= 0.3 is 0 Å². The van der Waals surface area contributed by atoms with Crippen molar-refractivity contribution in [2.75, 3.05) is 19.6 Å². The van der Waals surface area contributed by atoms with Crippen LogP contribution < -0.4 is 0 Å². The molecule has 2 N–H and O–H groups in total. The van der Waals surface area contributed by atoms with Crippen LogP contribution in [-0.2, 0) is 33.2 Å². The highest BCUT2D eigenvalue weighted by atomic mass is 16.3. The largest absolute Gasteiger partial charge is 0.494 e. The van der Waals surface area contributed by atoms with E-state index in [1.807, 2.05) is 36.3 Å².